The number of nitrogens with zero attached hydrogens (tertiary/aromatic N) is 2. The topological polar surface area (TPSA) is 8.81 Å². The Morgan fingerprint density at radius 2 is 1.26 bits per heavy atom. The van der Waals surface area contributed by atoms with Gasteiger partial charge in [-0.3, -0.25) is 0 Å². The fourth-order valence-corrected chi connectivity index (χ4v) is 9.54. The van der Waals surface area contributed by atoms with Crippen LogP contribution in [0.3, 0.4) is 0 Å². The lowest BCUT2D eigenvalue weighted by Crippen LogP contribution is -2.30. The van der Waals surface area contributed by atoms with Crippen LogP contribution in [0.4, 0.5) is 0 Å². The van der Waals surface area contributed by atoms with E-state index in [-0.39, 0.29) is 0 Å². The smallest absolute Gasteiger partial charge is 0.225 e. The van der Waals surface area contributed by atoms with Crippen LogP contribution in [0, 0.1) is 6.92 Å². The maximum atomic E-state index is 2.61. The summed E-state index contributed by atoms with van der Waals surface area (Å²) in [6.07, 6.45) is 0. The first kappa shape index (κ1) is 30.8. The molecule has 0 unspecified atom stereocenters. The van der Waals surface area contributed by atoms with Crippen molar-refractivity contribution in [2.24, 2.45) is 7.05 Å². The minimum absolute atomic E-state index is 0.325. The van der Waals surface area contributed by atoms with Gasteiger partial charge in [0.15, 0.2) is 11.0 Å². The van der Waals surface area contributed by atoms with E-state index in [0.717, 1.165) is 0 Å². The van der Waals surface area contributed by atoms with Gasteiger partial charge in [0, 0.05) is 26.6 Å². The van der Waals surface area contributed by atoms with Gasteiger partial charge >= 0.3 is 0 Å². The van der Waals surface area contributed by atoms with E-state index < -0.39 is 0 Å². The van der Waals surface area contributed by atoms with Crippen molar-refractivity contribution in [3.8, 4) is 28.2 Å². The van der Waals surface area contributed by atoms with E-state index >= 15 is 0 Å². The predicted molar refractivity (Wildman–Crippen MR) is 216 cm³/mol. The molecule has 0 aliphatic heterocycles. The number of benzene rings is 7. The molecule has 50 heavy (non-hydrogen) atoms. The maximum absolute atomic E-state index is 2.61. The van der Waals surface area contributed by atoms with Crippen LogP contribution in [0.2, 0.25) is 0 Å². The maximum Gasteiger partial charge on any atom is 0.296 e. The molecule has 3 heteroatoms. The average Bonchev–Trinajstić information content (AvgIpc) is 3.66. The molecule has 0 bridgehead atoms. The number of hydrogen-bond acceptors (Lipinski definition) is 1. The molecule has 7 aromatic carbocycles. The normalized spacial score (nSPS) is 12.2. The molecule has 9 rings (SSSR count). The summed E-state index contributed by atoms with van der Waals surface area (Å²) >= 11 is 1.94. The number of rotatable bonds is 5. The number of aromatic nitrogens is 2. The van der Waals surface area contributed by atoms with E-state index in [4.69, 9.17) is 0 Å². The molecule has 0 radical (unpaired) electrons. The van der Waals surface area contributed by atoms with E-state index in [1.807, 2.05) is 11.3 Å². The number of hydrogen-bond donors (Lipinski definition) is 0. The Hall–Kier alpha value is -5.25. The molecule has 2 heterocycles. The summed E-state index contributed by atoms with van der Waals surface area (Å²) in [4.78, 5) is 0. The highest BCUT2D eigenvalue weighted by molar-refractivity contribution is 7.26. The zero-order valence-corrected chi connectivity index (χ0v) is 30.4. The van der Waals surface area contributed by atoms with Crippen molar-refractivity contribution in [3.63, 3.8) is 0 Å². The Labute approximate surface area is 297 Å². The van der Waals surface area contributed by atoms with Crippen molar-refractivity contribution in [2.45, 2.75) is 46.5 Å². The Morgan fingerprint density at radius 1 is 0.600 bits per heavy atom. The van der Waals surface area contributed by atoms with E-state index in [1.54, 1.807) is 0 Å². The fraction of sp³-hybridized carbons (Fsp3) is 0.170. The third-order valence-corrected chi connectivity index (χ3v) is 11.9. The summed E-state index contributed by atoms with van der Waals surface area (Å²) in [6.45, 7) is 11.7. The molecule has 2 aromatic heterocycles. The molecule has 2 nitrogen and oxygen atoms in total. The number of thiophene rings is 1. The molecule has 244 valence electrons. The molecule has 0 spiro atoms. The largest absolute Gasteiger partial charge is 0.296 e. The first-order valence-electron chi connectivity index (χ1n) is 17.8. The lowest BCUT2D eigenvalue weighted by atomic mass is 9.88. The van der Waals surface area contributed by atoms with E-state index in [0.29, 0.717) is 11.8 Å². The van der Waals surface area contributed by atoms with E-state index in [1.165, 1.54) is 97.6 Å². The standard InChI is InChI=1S/C47H41N2S/c1-28(2)37-26-34(31-14-8-7-9-15-31)27-38(29(3)4)45(37)49-40-19-13-12-18-39(40)48(6)47(49)42-30(5)20-24-36-44-41(50-46(36)42)25-23-33-22-21-32-16-10-11-17-35(32)43(33)44/h7-29H,1-6H3/q+1. The summed E-state index contributed by atoms with van der Waals surface area (Å²) < 4.78 is 7.72. The van der Waals surface area contributed by atoms with Crippen LogP contribution >= 0.6 is 11.3 Å². The molecule has 0 atom stereocenters. The van der Waals surface area contributed by atoms with Crippen LogP contribution in [0.15, 0.2) is 127 Å². The fourth-order valence-electron chi connectivity index (χ4n) is 8.24. The van der Waals surface area contributed by atoms with Gasteiger partial charge in [0.1, 0.15) is 5.69 Å². The van der Waals surface area contributed by atoms with Gasteiger partial charge in [0.2, 0.25) is 0 Å². The Kier molecular flexibility index (Phi) is 7.19. The zero-order chi connectivity index (χ0) is 34.3. The minimum atomic E-state index is 0.325. The van der Waals surface area contributed by atoms with Crippen molar-refractivity contribution in [2.75, 3.05) is 0 Å². The van der Waals surface area contributed by atoms with Gasteiger partial charge < -0.3 is 0 Å². The molecule has 0 aliphatic carbocycles. The molecular weight excluding hydrogens is 625 g/mol. The molecule has 0 fully saturated rings. The first-order chi connectivity index (χ1) is 24.3. The van der Waals surface area contributed by atoms with Crippen molar-refractivity contribution in [1.29, 1.82) is 0 Å². The van der Waals surface area contributed by atoms with Gasteiger partial charge in [0.25, 0.3) is 5.82 Å². The Balaban J connectivity index is 1.43. The minimum Gasteiger partial charge on any atom is -0.225 e. The Morgan fingerprint density at radius 3 is 2.02 bits per heavy atom. The third kappa shape index (κ3) is 4.57. The van der Waals surface area contributed by atoms with Gasteiger partial charge in [-0.25, -0.2) is 4.57 Å². The molecular formula is C47H41N2S+. The number of aryl methyl sites for hydroxylation is 2. The van der Waals surface area contributed by atoms with Gasteiger partial charge in [-0.2, -0.15) is 4.57 Å². The predicted octanol–water partition coefficient (Wildman–Crippen LogP) is 13.0. The molecule has 0 aliphatic rings. The van der Waals surface area contributed by atoms with Gasteiger partial charge in [-0.15, -0.1) is 11.3 Å². The van der Waals surface area contributed by atoms with Crippen LogP contribution in [0.5, 0.6) is 0 Å². The van der Waals surface area contributed by atoms with Gasteiger partial charge in [-0.05, 0) is 87.3 Å². The second kappa shape index (κ2) is 11.7. The van der Waals surface area contributed by atoms with Gasteiger partial charge in [0.05, 0.1) is 17.3 Å². The number of fused-ring (bicyclic) bond motifs is 8. The van der Waals surface area contributed by atoms with Crippen LogP contribution in [0.25, 0.3) is 81.0 Å². The van der Waals surface area contributed by atoms with Crippen molar-refractivity contribution >= 4 is 64.1 Å². The van der Waals surface area contributed by atoms with Gasteiger partial charge in [-0.1, -0.05) is 125 Å². The van der Waals surface area contributed by atoms with Crippen LogP contribution in [0.1, 0.15) is 56.2 Å². The molecule has 0 N–H and O–H groups in total. The molecule has 0 amide bonds. The monoisotopic (exact) mass is 665 g/mol. The molecule has 0 saturated carbocycles. The van der Waals surface area contributed by atoms with E-state index in [2.05, 4.69) is 178 Å². The second-order valence-corrected chi connectivity index (χ2v) is 15.5. The number of para-hydroxylation sites is 2. The summed E-state index contributed by atoms with van der Waals surface area (Å²) in [5.74, 6) is 1.88. The highest BCUT2D eigenvalue weighted by atomic mass is 32.1. The van der Waals surface area contributed by atoms with Crippen molar-refractivity contribution < 1.29 is 4.57 Å². The van der Waals surface area contributed by atoms with Crippen LogP contribution in [-0.4, -0.2) is 4.57 Å². The molecule has 0 saturated heterocycles. The van der Waals surface area contributed by atoms with Crippen LogP contribution < -0.4 is 4.57 Å². The highest BCUT2D eigenvalue weighted by Gasteiger charge is 2.33. The SMILES string of the molecule is Cc1ccc2c(sc3ccc4ccc5ccccc5c4c32)c1-c1n(-c2c(C(C)C)cc(-c3ccccc3)cc2C(C)C)c2ccccc2[n+]1C. The first-order valence-corrected chi connectivity index (χ1v) is 18.6. The van der Waals surface area contributed by atoms with E-state index in [9.17, 15) is 0 Å². The van der Waals surface area contributed by atoms with Crippen LogP contribution in [-0.2, 0) is 7.05 Å². The average molecular weight is 666 g/mol. The third-order valence-electron chi connectivity index (χ3n) is 10.7. The van der Waals surface area contributed by atoms with Crippen molar-refractivity contribution in [3.05, 3.63) is 144 Å². The van der Waals surface area contributed by atoms with Crippen molar-refractivity contribution in [1.82, 2.24) is 4.57 Å². The summed E-state index contributed by atoms with van der Waals surface area (Å²) in [5, 5.41) is 7.94. The summed E-state index contributed by atoms with van der Waals surface area (Å²) in [7, 11) is 2.26. The Bertz CT molecular complexity index is 2750. The lowest BCUT2D eigenvalue weighted by molar-refractivity contribution is -0.633. The summed E-state index contributed by atoms with van der Waals surface area (Å²) in [5.41, 5.74) is 11.7. The quantitative estimate of drug-likeness (QED) is 0.128. The highest BCUT2D eigenvalue weighted by Crippen LogP contribution is 2.47. The zero-order valence-electron chi connectivity index (χ0n) is 29.6. The number of imidazole rings is 1. The summed E-state index contributed by atoms with van der Waals surface area (Å²) in [6, 6.07) is 47.4. The lowest BCUT2D eigenvalue weighted by Gasteiger charge is -2.21. The second-order valence-electron chi connectivity index (χ2n) is 14.4. The molecule has 9 aromatic rings.